The summed E-state index contributed by atoms with van der Waals surface area (Å²) < 4.78 is 11.0. The molecule has 1 aromatic heterocycles. The molecule has 4 heteroatoms. The number of nitrogens with one attached hydrogen (secondary N) is 1. The Morgan fingerprint density at radius 3 is 3.25 bits per heavy atom. The monoisotopic (exact) mass is 222 g/mol. The van der Waals surface area contributed by atoms with Gasteiger partial charge in [0, 0.05) is 19.0 Å². The topological polar surface area (TPSA) is 43.4 Å². The van der Waals surface area contributed by atoms with E-state index in [1.54, 1.807) is 0 Å². The highest BCUT2D eigenvalue weighted by Gasteiger charge is 2.17. The Bertz CT molecular complexity index is 325. The molecule has 2 rings (SSSR count). The molecule has 0 bridgehead atoms. The van der Waals surface area contributed by atoms with Crippen LogP contribution in [0.15, 0.2) is 18.2 Å². The van der Waals surface area contributed by atoms with Gasteiger partial charge in [-0.05, 0) is 12.5 Å². The number of ether oxygens (including phenoxy) is 2. The summed E-state index contributed by atoms with van der Waals surface area (Å²) in [7, 11) is 0. The molecule has 1 aromatic rings. The number of pyridine rings is 1. The Balaban J connectivity index is 1.92. The zero-order valence-corrected chi connectivity index (χ0v) is 9.61. The minimum absolute atomic E-state index is 0.161. The number of hydrogen-bond donors (Lipinski definition) is 1. The van der Waals surface area contributed by atoms with Crippen molar-refractivity contribution in [3.05, 3.63) is 18.2 Å². The molecule has 0 aromatic carbocycles. The largest absolute Gasteiger partial charge is 0.472 e. The Morgan fingerprint density at radius 1 is 1.56 bits per heavy atom. The quantitative estimate of drug-likeness (QED) is 0.828. The van der Waals surface area contributed by atoms with E-state index in [4.69, 9.17) is 9.47 Å². The number of aromatic nitrogens is 1. The van der Waals surface area contributed by atoms with Gasteiger partial charge in [-0.2, -0.15) is 4.98 Å². The van der Waals surface area contributed by atoms with Crippen LogP contribution in [0, 0.1) is 0 Å². The van der Waals surface area contributed by atoms with Crippen molar-refractivity contribution in [3.8, 4) is 5.88 Å². The third-order valence-electron chi connectivity index (χ3n) is 2.45. The zero-order valence-electron chi connectivity index (χ0n) is 9.61. The van der Waals surface area contributed by atoms with Crippen LogP contribution in [0.25, 0.3) is 0 Å². The van der Waals surface area contributed by atoms with Crippen LogP contribution < -0.4 is 10.1 Å². The standard InChI is InChI=1S/C12H18N2O2/c1-2-7-13-11-4-3-5-12(14-11)16-10-6-8-15-9-10/h3-5,10H,2,6-9H2,1H3,(H,13,14). The first-order chi connectivity index (χ1) is 7.88. The van der Waals surface area contributed by atoms with E-state index in [9.17, 15) is 0 Å². The molecule has 1 unspecified atom stereocenters. The molecule has 1 atom stereocenters. The SMILES string of the molecule is CCCNc1cccc(OC2CCOC2)n1. The molecule has 16 heavy (non-hydrogen) atoms. The van der Waals surface area contributed by atoms with Gasteiger partial charge < -0.3 is 14.8 Å². The Kier molecular flexibility index (Phi) is 3.99. The summed E-state index contributed by atoms with van der Waals surface area (Å²) in [6.07, 6.45) is 2.20. The minimum Gasteiger partial charge on any atom is -0.472 e. The van der Waals surface area contributed by atoms with E-state index >= 15 is 0 Å². The lowest BCUT2D eigenvalue weighted by Gasteiger charge is -2.11. The van der Waals surface area contributed by atoms with E-state index in [0.717, 1.165) is 31.8 Å². The molecule has 0 radical (unpaired) electrons. The summed E-state index contributed by atoms with van der Waals surface area (Å²) in [5.74, 6) is 1.55. The molecule has 1 aliphatic rings. The maximum atomic E-state index is 5.72. The molecule has 0 spiro atoms. The van der Waals surface area contributed by atoms with E-state index in [1.165, 1.54) is 0 Å². The molecule has 0 saturated carbocycles. The molecule has 1 fully saturated rings. The van der Waals surface area contributed by atoms with Crippen LogP contribution in [0.1, 0.15) is 19.8 Å². The fraction of sp³-hybridized carbons (Fsp3) is 0.583. The summed E-state index contributed by atoms with van der Waals surface area (Å²) in [6, 6.07) is 5.79. The van der Waals surface area contributed by atoms with Crippen molar-refractivity contribution in [2.24, 2.45) is 0 Å². The lowest BCUT2D eigenvalue weighted by atomic mass is 10.3. The van der Waals surface area contributed by atoms with Crippen LogP contribution in [0.3, 0.4) is 0 Å². The maximum Gasteiger partial charge on any atom is 0.215 e. The van der Waals surface area contributed by atoms with Gasteiger partial charge >= 0.3 is 0 Å². The van der Waals surface area contributed by atoms with Gasteiger partial charge in [-0.25, -0.2) is 0 Å². The Labute approximate surface area is 96.0 Å². The van der Waals surface area contributed by atoms with Crippen molar-refractivity contribution >= 4 is 5.82 Å². The number of nitrogens with zero attached hydrogens (tertiary/aromatic N) is 1. The third kappa shape index (κ3) is 3.10. The maximum absolute atomic E-state index is 5.72. The lowest BCUT2D eigenvalue weighted by molar-refractivity contribution is 0.138. The molecule has 1 aliphatic heterocycles. The summed E-state index contributed by atoms with van der Waals surface area (Å²) >= 11 is 0. The van der Waals surface area contributed by atoms with Gasteiger partial charge in [0.15, 0.2) is 0 Å². The average Bonchev–Trinajstić information content (AvgIpc) is 2.80. The van der Waals surface area contributed by atoms with Crippen LogP contribution in [0.2, 0.25) is 0 Å². The first-order valence-corrected chi connectivity index (χ1v) is 5.84. The van der Waals surface area contributed by atoms with Gasteiger partial charge in [0.2, 0.25) is 5.88 Å². The molecule has 2 heterocycles. The summed E-state index contributed by atoms with van der Waals surface area (Å²) in [5, 5.41) is 3.24. The van der Waals surface area contributed by atoms with E-state index in [1.807, 2.05) is 18.2 Å². The fourth-order valence-electron chi connectivity index (χ4n) is 1.61. The van der Waals surface area contributed by atoms with Crippen molar-refractivity contribution in [3.63, 3.8) is 0 Å². The van der Waals surface area contributed by atoms with Gasteiger partial charge in [-0.1, -0.05) is 13.0 Å². The minimum atomic E-state index is 0.161. The predicted molar refractivity (Wildman–Crippen MR) is 62.9 cm³/mol. The second kappa shape index (κ2) is 5.70. The van der Waals surface area contributed by atoms with Crippen LogP contribution in [-0.4, -0.2) is 30.8 Å². The van der Waals surface area contributed by atoms with Gasteiger partial charge in [0.1, 0.15) is 11.9 Å². The fourth-order valence-corrected chi connectivity index (χ4v) is 1.61. The summed E-state index contributed by atoms with van der Waals surface area (Å²) in [6.45, 7) is 4.53. The van der Waals surface area contributed by atoms with Crippen LogP contribution in [0.4, 0.5) is 5.82 Å². The molecular formula is C12H18N2O2. The second-order valence-electron chi connectivity index (χ2n) is 3.89. The summed E-state index contributed by atoms with van der Waals surface area (Å²) in [4.78, 5) is 4.38. The van der Waals surface area contributed by atoms with E-state index in [-0.39, 0.29) is 6.10 Å². The van der Waals surface area contributed by atoms with Crippen LogP contribution in [-0.2, 0) is 4.74 Å². The van der Waals surface area contributed by atoms with Gasteiger partial charge in [0.05, 0.1) is 13.2 Å². The lowest BCUT2D eigenvalue weighted by Crippen LogP contribution is -2.16. The first kappa shape index (κ1) is 11.2. The third-order valence-corrected chi connectivity index (χ3v) is 2.45. The van der Waals surface area contributed by atoms with E-state index in [0.29, 0.717) is 12.5 Å². The predicted octanol–water partition coefficient (Wildman–Crippen LogP) is 2.07. The average molecular weight is 222 g/mol. The molecule has 4 nitrogen and oxygen atoms in total. The van der Waals surface area contributed by atoms with E-state index < -0.39 is 0 Å². The van der Waals surface area contributed by atoms with E-state index in [2.05, 4.69) is 17.2 Å². The van der Waals surface area contributed by atoms with Gasteiger partial charge in [-0.15, -0.1) is 0 Å². The molecular weight excluding hydrogens is 204 g/mol. The van der Waals surface area contributed by atoms with Crippen molar-refractivity contribution in [1.29, 1.82) is 0 Å². The van der Waals surface area contributed by atoms with Crippen molar-refractivity contribution in [2.75, 3.05) is 25.1 Å². The highest BCUT2D eigenvalue weighted by atomic mass is 16.5. The van der Waals surface area contributed by atoms with Crippen molar-refractivity contribution < 1.29 is 9.47 Å². The zero-order chi connectivity index (χ0) is 11.2. The highest BCUT2D eigenvalue weighted by molar-refractivity contribution is 5.36. The highest BCUT2D eigenvalue weighted by Crippen LogP contribution is 2.16. The molecule has 1 saturated heterocycles. The second-order valence-corrected chi connectivity index (χ2v) is 3.89. The van der Waals surface area contributed by atoms with Gasteiger partial charge in [0.25, 0.3) is 0 Å². The Morgan fingerprint density at radius 2 is 2.50 bits per heavy atom. The number of anilines is 1. The molecule has 0 aliphatic carbocycles. The smallest absolute Gasteiger partial charge is 0.215 e. The number of hydrogen-bond acceptors (Lipinski definition) is 4. The normalized spacial score (nSPS) is 19.7. The van der Waals surface area contributed by atoms with Crippen molar-refractivity contribution in [2.45, 2.75) is 25.9 Å². The van der Waals surface area contributed by atoms with Gasteiger partial charge in [-0.3, -0.25) is 0 Å². The molecule has 88 valence electrons. The Hall–Kier alpha value is -1.29. The van der Waals surface area contributed by atoms with Crippen molar-refractivity contribution in [1.82, 2.24) is 4.98 Å². The number of rotatable bonds is 5. The molecule has 1 N–H and O–H groups in total. The molecule has 0 amide bonds. The van der Waals surface area contributed by atoms with Crippen LogP contribution >= 0.6 is 0 Å². The van der Waals surface area contributed by atoms with Crippen LogP contribution in [0.5, 0.6) is 5.88 Å². The first-order valence-electron chi connectivity index (χ1n) is 5.84. The summed E-state index contributed by atoms with van der Waals surface area (Å²) in [5.41, 5.74) is 0.